The van der Waals surface area contributed by atoms with Gasteiger partial charge in [-0.25, -0.2) is 0 Å². The molecule has 0 radical (unpaired) electrons. The zero-order valence-corrected chi connectivity index (χ0v) is 8.90. The van der Waals surface area contributed by atoms with Crippen LogP contribution in [0.15, 0.2) is 12.1 Å². The fourth-order valence-corrected chi connectivity index (χ4v) is 1.60. The van der Waals surface area contributed by atoms with Crippen molar-refractivity contribution in [3.05, 3.63) is 23.3 Å². The van der Waals surface area contributed by atoms with Gasteiger partial charge in [0.25, 0.3) is 0 Å². The van der Waals surface area contributed by atoms with Crippen LogP contribution in [0.3, 0.4) is 0 Å². The zero-order valence-electron chi connectivity index (χ0n) is 8.90. The van der Waals surface area contributed by atoms with Gasteiger partial charge in [0, 0.05) is 12.1 Å². The molecule has 0 aliphatic carbocycles. The zero-order chi connectivity index (χ0) is 11.7. The highest BCUT2D eigenvalue weighted by atomic mass is 16.7. The van der Waals surface area contributed by atoms with E-state index in [-0.39, 0.29) is 13.3 Å². The standard InChI is InChI=1S/C11H13NO4/c1-6-2-9-10(16-5-15-9)3-7(6)11(14)8(13)4-12/h2-3,8,13H,4-5,12H2,1H3. The number of ketones is 1. The molecule has 1 aromatic carbocycles. The first-order valence-electron chi connectivity index (χ1n) is 4.96. The molecular weight excluding hydrogens is 210 g/mol. The van der Waals surface area contributed by atoms with E-state index >= 15 is 0 Å². The van der Waals surface area contributed by atoms with Crippen molar-refractivity contribution in [2.75, 3.05) is 13.3 Å². The summed E-state index contributed by atoms with van der Waals surface area (Å²) in [6, 6.07) is 3.30. The van der Waals surface area contributed by atoms with Crippen LogP contribution in [-0.2, 0) is 0 Å². The summed E-state index contributed by atoms with van der Waals surface area (Å²) in [7, 11) is 0. The van der Waals surface area contributed by atoms with Crippen LogP contribution >= 0.6 is 0 Å². The molecular formula is C11H13NO4. The lowest BCUT2D eigenvalue weighted by atomic mass is 10.0. The monoisotopic (exact) mass is 223 g/mol. The molecule has 5 heteroatoms. The smallest absolute Gasteiger partial charge is 0.231 e. The van der Waals surface area contributed by atoms with Gasteiger partial charge in [0.05, 0.1) is 0 Å². The van der Waals surface area contributed by atoms with Crippen molar-refractivity contribution >= 4 is 5.78 Å². The third-order valence-electron chi connectivity index (χ3n) is 2.51. The van der Waals surface area contributed by atoms with Crippen LogP contribution in [-0.4, -0.2) is 30.3 Å². The highest BCUT2D eigenvalue weighted by molar-refractivity contribution is 6.01. The maximum Gasteiger partial charge on any atom is 0.231 e. The molecule has 1 aliphatic rings. The molecule has 5 nitrogen and oxygen atoms in total. The number of aliphatic hydroxyl groups excluding tert-OH is 1. The minimum Gasteiger partial charge on any atom is -0.454 e. The van der Waals surface area contributed by atoms with Gasteiger partial charge in [0.2, 0.25) is 6.79 Å². The van der Waals surface area contributed by atoms with Gasteiger partial charge < -0.3 is 20.3 Å². The number of hydrogen-bond donors (Lipinski definition) is 2. The lowest BCUT2D eigenvalue weighted by Crippen LogP contribution is -2.29. The van der Waals surface area contributed by atoms with Gasteiger partial charge in [-0.05, 0) is 24.6 Å². The van der Waals surface area contributed by atoms with Crippen LogP contribution in [0, 0.1) is 6.92 Å². The lowest BCUT2D eigenvalue weighted by molar-refractivity contribution is 0.0762. The highest BCUT2D eigenvalue weighted by Crippen LogP contribution is 2.34. The van der Waals surface area contributed by atoms with Gasteiger partial charge in [-0.1, -0.05) is 0 Å². The quantitative estimate of drug-likeness (QED) is 0.717. The average Bonchev–Trinajstić information content (AvgIpc) is 2.72. The van der Waals surface area contributed by atoms with Crippen LogP contribution in [0.1, 0.15) is 15.9 Å². The molecule has 0 amide bonds. The summed E-state index contributed by atoms with van der Waals surface area (Å²) >= 11 is 0. The van der Waals surface area contributed by atoms with Crippen molar-refractivity contribution in [2.45, 2.75) is 13.0 Å². The van der Waals surface area contributed by atoms with Gasteiger partial charge in [-0.15, -0.1) is 0 Å². The topological polar surface area (TPSA) is 81.8 Å². The van der Waals surface area contributed by atoms with Crippen LogP contribution in [0.25, 0.3) is 0 Å². The molecule has 1 aliphatic heterocycles. The average molecular weight is 223 g/mol. The SMILES string of the molecule is Cc1cc2c(cc1C(=O)C(O)CN)OCO2. The van der Waals surface area contributed by atoms with E-state index in [1.165, 1.54) is 0 Å². The Morgan fingerprint density at radius 2 is 2.12 bits per heavy atom. The Morgan fingerprint density at radius 3 is 2.75 bits per heavy atom. The Labute approximate surface area is 92.8 Å². The molecule has 0 saturated carbocycles. The molecule has 3 N–H and O–H groups in total. The van der Waals surface area contributed by atoms with Gasteiger partial charge in [-0.3, -0.25) is 4.79 Å². The summed E-state index contributed by atoms with van der Waals surface area (Å²) in [5.74, 6) is 0.757. The third-order valence-corrected chi connectivity index (χ3v) is 2.51. The fraction of sp³-hybridized carbons (Fsp3) is 0.364. The van der Waals surface area contributed by atoms with Crippen molar-refractivity contribution in [2.24, 2.45) is 5.73 Å². The van der Waals surface area contributed by atoms with E-state index in [9.17, 15) is 9.90 Å². The minimum atomic E-state index is -1.17. The van der Waals surface area contributed by atoms with E-state index < -0.39 is 11.9 Å². The number of hydrogen-bond acceptors (Lipinski definition) is 5. The van der Waals surface area contributed by atoms with E-state index in [1.54, 1.807) is 19.1 Å². The van der Waals surface area contributed by atoms with Crippen LogP contribution in [0.5, 0.6) is 11.5 Å². The van der Waals surface area contributed by atoms with Crippen molar-refractivity contribution < 1.29 is 19.4 Å². The maximum atomic E-state index is 11.8. The molecule has 1 aromatic rings. The maximum absolute atomic E-state index is 11.8. The Kier molecular flexibility index (Phi) is 2.80. The van der Waals surface area contributed by atoms with Crippen molar-refractivity contribution in [3.8, 4) is 11.5 Å². The largest absolute Gasteiger partial charge is 0.454 e. The van der Waals surface area contributed by atoms with Crippen molar-refractivity contribution in [1.29, 1.82) is 0 Å². The number of aliphatic hydroxyl groups is 1. The second kappa shape index (κ2) is 4.11. The lowest BCUT2D eigenvalue weighted by Gasteiger charge is -2.10. The number of aryl methyl sites for hydroxylation is 1. The summed E-state index contributed by atoms with van der Waals surface area (Å²) in [5.41, 5.74) is 6.40. The second-order valence-electron chi connectivity index (χ2n) is 3.64. The van der Waals surface area contributed by atoms with E-state index in [2.05, 4.69) is 0 Å². The highest BCUT2D eigenvalue weighted by Gasteiger charge is 2.22. The first kappa shape index (κ1) is 10.9. The molecule has 1 heterocycles. The number of rotatable bonds is 3. The Bertz CT molecular complexity index is 430. The molecule has 16 heavy (non-hydrogen) atoms. The van der Waals surface area contributed by atoms with Crippen LogP contribution in [0.4, 0.5) is 0 Å². The number of Topliss-reactive ketones (excluding diaryl/α,β-unsaturated/α-hetero) is 1. The van der Waals surface area contributed by atoms with E-state index in [4.69, 9.17) is 15.2 Å². The number of fused-ring (bicyclic) bond motifs is 1. The molecule has 1 atom stereocenters. The third kappa shape index (κ3) is 1.75. The molecule has 0 saturated heterocycles. The molecule has 0 bridgehead atoms. The molecule has 0 aromatic heterocycles. The number of carbonyl (C=O) groups is 1. The van der Waals surface area contributed by atoms with Crippen LogP contribution < -0.4 is 15.2 Å². The second-order valence-corrected chi connectivity index (χ2v) is 3.64. The first-order valence-corrected chi connectivity index (χ1v) is 4.96. The number of benzene rings is 1. The van der Waals surface area contributed by atoms with Gasteiger partial charge in [0.15, 0.2) is 17.3 Å². The van der Waals surface area contributed by atoms with Crippen LogP contribution in [0.2, 0.25) is 0 Å². The van der Waals surface area contributed by atoms with Gasteiger partial charge in [-0.2, -0.15) is 0 Å². The Balaban J connectivity index is 2.38. The fourth-order valence-electron chi connectivity index (χ4n) is 1.60. The normalized spacial score (nSPS) is 14.9. The summed E-state index contributed by atoms with van der Waals surface area (Å²) in [4.78, 5) is 11.8. The minimum absolute atomic E-state index is 0.0906. The van der Waals surface area contributed by atoms with Crippen molar-refractivity contribution in [1.82, 2.24) is 0 Å². The summed E-state index contributed by atoms with van der Waals surface area (Å²) in [6.07, 6.45) is -1.17. The molecule has 0 spiro atoms. The predicted octanol–water partition coefficient (Wildman–Crippen LogP) is 0.226. The van der Waals surface area contributed by atoms with E-state index in [0.29, 0.717) is 17.1 Å². The van der Waals surface area contributed by atoms with E-state index in [1.807, 2.05) is 0 Å². The molecule has 0 fully saturated rings. The molecule has 1 unspecified atom stereocenters. The molecule has 2 rings (SSSR count). The molecule has 86 valence electrons. The number of ether oxygens (including phenoxy) is 2. The Hall–Kier alpha value is -1.59. The number of nitrogens with two attached hydrogens (primary N) is 1. The summed E-state index contributed by atoms with van der Waals surface area (Å²) in [5, 5.41) is 9.41. The number of carbonyl (C=O) groups excluding carboxylic acids is 1. The van der Waals surface area contributed by atoms with Gasteiger partial charge in [0.1, 0.15) is 6.10 Å². The summed E-state index contributed by atoms with van der Waals surface area (Å²) < 4.78 is 10.4. The van der Waals surface area contributed by atoms with E-state index in [0.717, 1.165) is 5.56 Å². The Morgan fingerprint density at radius 1 is 1.50 bits per heavy atom. The van der Waals surface area contributed by atoms with Gasteiger partial charge >= 0.3 is 0 Å². The van der Waals surface area contributed by atoms with Crippen molar-refractivity contribution in [3.63, 3.8) is 0 Å². The predicted molar refractivity (Wildman–Crippen MR) is 56.7 cm³/mol. The first-order chi connectivity index (χ1) is 7.63. The summed E-state index contributed by atoms with van der Waals surface area (Å²) in [6.45, 7) is 1.84.